The van der Waals surface area contributed by atoms with Crippen LogP contribution in [-0.4, -0.2) is 36.7 Å². The highest BCUT2D eigenvalue weighted by atomic mass is 19.3. The number of carbonyl (C=O) groups excluding carboxylic acids is 1. The summed E-state index contributed by atoms with van der Waals surface area (Å²) >= 11 is 0. The second-order valence-corrected chi connectivity index (χ2v) is 4.87. The van der Waals surface area contributed by atoms with Gasteiger partial charge in [-0.05, 0) is 32.4 Å². The van der Waals surface area contributed by atoms with E-state index in [0.717, 1.165) is 19.4 Å². The van der Waals surface area contributed by atoms with Crippen LogP contribution >= 0.6 is 0 Å². The summed E-state index contributed by atoms with van der Waals surface area (Å²) in [5.41, 5.74) is 0.647. The number of halogens is 2. The summed E-state index contributed by atoms with van der Waals surface area (Å²) in [4.78, 5) is 13.8. The summed E-state index contributed by atoms with van der Waals surface area (Å²) in [7, 11) is 0. The third-order valence-electron chi connectivity index (χ3n) is 3.48. The molecule has 0 N–H and O–H groups in total. The fraction of sp³-hybridized carbons (Fsp3) is 0.533. The van der Waals surface area contributed by atoms with Crippen molar-refractivity contribution in [1.82, 2.24) is 4.90 Å². The highest BCUT2D eigenvalue weighted by Crippen LogP contribution is 2.26. The van der Waals surface area contributed by atoms with E-state index in [1.165, 1.54) is 6.07 Å². The zero-order chi connectivity index (χ0) is 15.2. The van der Waals surface area contributed by atoms with Gasteiger partial charge in [0, 0.05) is 12.1 Å². The molecule has 1 aliphatic rings. The Kier molecular flexibility index (Phi) is 5.50. The molecule has 1 aliphatic heterocycles. The fourth-order valence-electron chi connectivity index (χ4n) is 2.58. The lowest BCUT2D eigenvalue weighted by Gasteiger charge is -2.23. The van der Waals surface area contributed by atoms with E-state index in [9.17, 15) is 13.6 Å². The van der Waals surface area contributed by atoms with E-state index < -0.39 is 6.61 Å². The molecule has 1 heterocycles. The first kappa shape index (κ1) is 15.7. The number of nitrogens with zero attached hydrogens (tertiary/aromatic N) is 1. The number of likely N-dealkylation sites (tertiary alicyclic amines) is 1. The maximum absolute atomic E-state index is 12.4. The number of hydrogen-bond donors (Lipinski definition) is 0. The summed E-state index contributed by atoms with van der Waals surface area (Å²) < 4.78 is 34.4. The van der Waals surface area contributed by atoms with Crippen LogP contribution < -0.4 is 4.74 Å². The second-order valence-electron chi connectivity index (χ2n) is 4.87. The van der Waals surface area contributed by atoms with Crippen molar-refractivity contribution in [3.63, 3.8) is 0 Å². The van der Waals surface area contributed by atoms with Crippen LogP contribution in [0.3, 0.4) is 0 Å². The van der Waals surface area contributed by atoms with Gasteiger partial charge in [0.1, 0.15) is 11.8 Å². The van der Waals surface area contributed by atoms with Crippen LogP contribution in [0.25, 0.3) is 0 Å². The highest BCUT2D eigenvalue weighted by molar-refractivity contribution is 5.76. The summed E-state index contributed by atoms with van der Waals surface area (Å²) in [6, 6.07) is 6.36. The average Bonchev–Trinajstić information content (AvgIpc) is 2.89. The topological polar surface area (TPSA) is 38.8 Å². The molecule has 6 heteroatoms. The van der Waals surface area contributed by atoms with Gasteiger partial charge in [0.2, 0.25) is 0 Å². The van der Waals surface area contributed by atoms with Crippen LogP contribution in [-0.2, 0) is 16.1 Å². The van der Waals surface area contributed by atoms with Gasteiger partial charge in [-0.15, -0.1) is 0 Å². The first-order valence-electron chi connectivity index (χ1n) is 7.05. The van der Waals surface area contributed by atoms with E-state index in [0.29, 0.717) is 18.7 Å². The molecule has 1 saturated heterocycles. The van der Waals surface area contributed by atoms with Gasteiger partial charge in [-0.1, -0.05) is 18.2 Å². The SMILES string of the molecule is CCOC(=O)C1CCCN1Cc1ccccc1OC(F)F. The fourth-order valence-corrected chi connectivity index (χ4v) is 2.58. The quantitative estimate of drug-likeness (QED) is 0.757. The van der Waals surface area contributed by atoms with Gasteiger partial charge in [0.25, 0.3) is 0 Å². The molecule has 0 amide bonds. The monoisotopic (exact) mass is 299 g/mol. The van der Waals surface area contributed by atoms with Crippen molar-refractivity contribution in [2.75, 3.05) is 13.2 Å². The third kappa shape index (κ3) is 4.14. The van der Waals surface area contributed by atoms with Crippen molar-refractivity contribution < 1.29 is 23.0 Å². The number of para-hydroxylation sites is 1. The lowest BCUT2D eigenvalue weighted by atomic mass is 10.1. The zero-order valence-electron chi connectivity index (χ0n) is 11.9. The maximum atomic E-state index is 12.4. The van der Waals surface area contributed by atoms with E-state index in [1.54, 1.807) is 25.1 Å². The number of rotatable bonds is 6. The number of hydrogen-bond acceptors (Lipinski definition) is 4. The Balaban J connectivity index is 2.08. The molecule has 0 bridgehead atoms. The normalized spacial score (nSPS) is 19.0. The van der Waals surface area contributed by atoms with Crippen LogP contribution in [0.15, 0.2) is 24.3 Å². The van der Waals surface area contributed by atoms with Gasteiger partial charge in [0.15, 0.2) is 0 Å². The minimum atomic E-state index is -2.86. The van der Waals surface area contributed by atoms with Crippen molar-refractivity contribution in [1.29, 1.82) is 0 Å². The van der Waals surface area contributed by atoms with Gasteiger partial charge in [-0.2, -0.15) is 8.78 Å². The van der Waals surface area contributed by atoms with Gasteiger partial charge in [0.05, 0.1) is 6.61 Å². The van der Waals surface area contributed by atoms with Crippen LogP contribution in [0.2, 0.25) is 0 Å². The van der Waals surface area contributed by atoms with Crippen molar-refractivity contribution in [3.05, 3.63) is 29.8 Å². The van der Waals surface area contributed by atoms with E-state index in [4.69, 9.17) is 4.74 Å². The van der Waals surface area contributed by atoms with Crippen LogP contribution in [0, 0.1) is 0 Å². The number of ether oxygens (including phenoxy) is 2. The Morgan fingerprint density at radius 1 is 1.43 bits per heavy atom. The summed E-state index contributed by atoms with van der Waals surface area (Å²) in [5.74, 6) is -0.0933. The van der Waals surface area contributed by atoms with Crippen LogP contribution in [0.4, 0.5) is 8.78 Å². The molecule has 0 spiro atoms. The molecular formula is C15H19F2NO3. The van der Waals surface area contributed by atoms with Crippen LogP contribution in [0.5, 0.6) is 5.75 Å². The highest BCUT2D eigenvalue weighted by Gasteiger charge is 2.32. The average molecular weight is 299 g/mol. The van der Waals surface area contributed by atoms with Crippen molar-refractivity contribution in [2.24, 2.45) is 0 Å². The predicted molar refractivity (Wildman–Crippen MR) is 73.1 cm³/mol. The molecule has 1 unspecified atom stereocenters. The van der Waals surface area contributed by atoms with E-state index >= 15 is 0 Å². The molecule has 0 radical (unpaired) electrons. The van der Waals surface area contributed by atoms with Crippen molar-refractivity contribution in [2.45, 2.75) is 39.0 Å². The van der Waals surface area contributed by atoms with Crippen LogP contribution in [0.1, 0.15) is 25.3 Å². The van der Waals surface area contributed by atoms with Gasteiger partial charge in [-0.3, -0.25) is 9.69 Å². The van der Waals surface area contributed by atoms with Crippen molar-refractivity contribution in [3.8, 4) is 5.75 Å². The van der Waals surface area contributed by atoms with Crippen molar-refractivity contribution >= 4 is 5.97 Å². The van der Waals surface area contributed by atoms with Gasteiger partial charge < -0.3 is 9.47 Å². The molecule has 1 aromatic rings. The van der Waals surface area contributed by atoms with Gasteiger partial charge >= 0.3 is 12.6 Å². The number of benzene rings is 1. The number of esters is 1. The standard InChI is InChI=1S/C15H19F2NO3/c1-2-20-14(19)12-7-5-9-18(12)10-11-6-3-4-8-13(11)21-15(16)17/h3-4,6,8,12,15H,2,5,7,9-10H2,1H3. The molecule has 1 atom stereocenters. The van der Waals surface area contributed by atoms with E-state index in [1.807, 2.05) is 4.90 Å². The van der Waals surface area contributed by atoms with E-state index in [2.05, 4.69) is 4.74 Å². The Labute approximate surface area is 122 Å². The third-order valence-corrected chi connectivity index (χ3v) is 3.48. The predicted octanol–water partition coefficient (Wildman–Crippen LogP) is 2.82. The Hall–Kier alpha value is -1.69. The molecule has 0 aromatic heterocycles. The Morgan fingerprint density at radius 3 is 2.90 bits per heavy atom. The minimum Gasteiger partial charge on any atom is -0.465 e. The number of carbonyl (C=O) groups is 1. The number of alkyl halides is 2. The smallest absolute Gasteiger partial charge is 0.387 e. The molecule has 21 heavy (non-hydrogen) atoms. The Bertz CT molecular complexity index is 482. The molecule has 1 aromatic carbocycles. The molecule has 0 saturated carbocycles. The molecule has 1 fully saturated rings. The molecular weight excluding hydrogens is 280 g/mol. The molecule has 116 valence electrons. The first-order chi connectivity index (χ1) is 10.1. The summed E-state index contributed by atoms with van der Waals surface area (Å²) in [6.07, 6.45) is 1.62. The second kappa shape index (κ2) is 7.36. The maximum Gasteiger partial charge on any atom is 0.387 e. The first-order valence-corrected chi connectivity index (χ1v) is 7.05. The largest absolute Gasteiger partial charge is 0.465 e. The molecule has 4 nitrogen and oxygen atoms in total. The Morgan fingerprint density at radius 2 is 2.19 bits per heavy atom. The lowest BCUT2D eigenvalue weighted by Crippen LogP contribution is -2.36. The minimum absolute atomic E-state index is 0.155. The molecule has 2 rings (SSSR count). The van der Waals surface area contributed by atoms with Gasteiger partial charge in [-0.25, -0.2) is 0 Å². The summed E-state index contributed by atoms with van der Waals surface area (Å²) in [6.45, 7) is 0.390. The molecule has 0 aliphatic carbocycles. The lowest BCUT2D eigenvalue weighted by molar-refractivity contribution is -0.148. The van der Waals surface area contributed by atoms with E-state index in [-0.39, 0.29) is 17.8 Å². The summed E-state index contributed by atoms with van der Waals surface area (Å²) in [5, 5.41) is 0. The zero-order valence-corrected chi connectivity index (χ0v) is 11.9.